The first kappa shape index (κ1) is 18.2. The predicted molar refractivity (Wildman–Crippen MR) is 96.5 cm³/mol. The van der Waals surface area contributed by atoms with Crippen LogP contribution in [0.5, 0.6) is 0 Å². The normalized spacial score (nSPS) is 22.0. The maximum Gasteiger partial charge on any atom is 0.319 e. The molecule has 0 aliphatic carbocycles. The molecule has 1 saturated heterocycles. The molecule has 3 heterocycles. The minimum absolute atomic E-state index is 0.0419. The summed E-state index contributed by atoms with van der Waals surface area (Å²) >= 11 is 0. The molecular formula is C18H25N5O3. The first-order valence-electron chi connectivity index (χ1n) is 8.77. The second-order valence-corrected chi connectivity index (χ2v) is 7.17. The van der Waals surface area contributed by atoms with Crippen LogP contribution >= 0.6 is 0 Å². The van der Waals surface area contributed by atoms with Gasteiger partial charge in [-0.3, -0.25) is 9.78 Å². The van der Waals surface area contributed by atoms with E-state index in [1.165, 1.54) is 0 Å². The van der Waals surface area contributed by atoms with Gasteiger partial charge in [0.15, 0.2) is 5.60 Å². The Morgan fingerprint density at radius 3 is 2.81 bits per heavy atom. The van der Waals surface area contributed by atoms with Crippen LogP contribution in [0.15, 0.2) is 29.6 Å². The molecule has 1 unspecified atom stereocenters. The van der Waals surface area contributed by atoms with E-state index in [9.17, 15) is 9.59 Å². The van der Waals surface area contributed by atoms with Crippen molar-refractivity contribution in [2.24, 2.45) is 5.16 Å². The molecule has 2 aliphatic heterocycles. The third-order valence-electron chi connectivity index (χ3n) is 4.75. The van der Waals surface area contributed by atoms with Gasteiger partial charge in [-0.1, -0.05) is 11.2 Å². The molecule has 1 aromatic heterocycles. The van der Waals surface area contributed by atoms with E-state index in [2.05, 4.69) is 10.1 Å². The number of likely N-dealkylation sites (tertiary alicyclic amines) is 1. The van der Waals surface area contributed by atoms with Gasteiger partial charge in [0.2, 0.25) is 0 Å². The number of carbonyl (C=O) groups is 2. The summed E-state index contributed by atoms with van der Waals surface area (Å²) in [6.07, 6.45) is 3.75. The summed E-state index contributed by atoms with van der Waals surface area (Å²) in [5.74, 6) is -0.163. The highest BCUT2D eigenvalue weighted by Crippen LogP contribution is 2.34. The van der Waals surface area contributed by atoms with E-state index in [0.29, 0.717) is 31.8 Å². The second kappa shape index (κ2) is 7.31. The maximum atomic E-state index is 12.7. The molecule has 3 rings (SSSR count). The zero-order valence-corrected chi connectivity index (χ0v) is 15.5. The van der Waals surface area contributed by atoms with Crippen molar-refractivity contribution in [2.75, 3.05) is 34.2 Å². The topological polar surface area (TPSA) is 78.3 Å². The number of urea groups is 1. The van der Waals surface area contributed by atoms with E-state index in [1.54, 1.807) is 42.0 Å². The maximum absolute atomic E-state index is 12.7. The molecule has 140 valence electrons. The van der Waals surface area contributed by atoms with Crippen molar-refractivity contribution in [2.45, 2.75) is 31.4 Å². The van der Waals surface area contributed by atoms with Gasteiger partial charge in [0.25, 0.3) is 5.91 Å². The number of hydrogen-bond donors (Lipinski definition) is 0. The number of oxime groups is 1. The molecule has 8 nitrogen and oxygen atoms in total. The van der Waals surface area contributed by atoms with Crippen molar-refractivity contribution in [1.82, 2.24) is 19.7 Å². The quantitative estimate of drug-likeness (QED) is 0.816. The Bertz CT molecular complexity index is 706. The highest BCUT2D eigenvalue weighted by molar-refractivity contribution is 6.39. The van der Waals surface area contributed by atoms with Crippen molar-refractivity contribution in [3.05, 3.63) is 30.1 Å². The molecule has 1 aromatic rings. The van der Waals surface area contributed by atoms with Crippen LogP contribution in [0, 0.1) is 0 Å². The lowest BCUT2D eigenvalue weighted by Crippen LogP contribution is -2.53. The van der Waals surface area contributed by atoms with Crippen LogP contribution in [0.3, 0.4) is 0 Å². The molecule has 1 fully saturated rings. The summed E-state index contributed by atoms with van der Waals surface area (Å²) in [4.78, 5) is 39.8. The Hall–Kier alpha value is -2.64. The number of piperidine rings is 1. The summed E-state index contributed by atoms with van der Waals surface area (Å²) in [6.45, 7) is 1.57. The van der Waals surface area contributed by atoms with Crippen molar-refractivity contribution in [1.29, 1.82) is 0 Å². The summed E-state index contributed by atoms with van der Waals surface area (Å²) in [6, 6.07) is 5.57. The average Bonchev–Trinajstić information content (AvgIpc) is 3.04. The van der Waals surface area contributed by atoms with E-state index in [0.717, 1.165) is 18.5 Å². The molecule has 0 saturated carbocycles. The summed E-state index contributed by atoms with van der Waals surface area (Å²) in [5, 5.41) is 4.07. The summed E-state index contributed by atoms with van der Waals surface area (Å²) in [5.41, 5.74) is 0.640. The van der Waals surface area contributed by atoms with Gasteiger partial charge < -0.3 is 19.5 Å². The first-order valence-corrected chi connectivity index (χ1v) is 8.77. The molecule has 1 spiro atoms. The van der Waals surface area contributed by atoms with Crippen LogP contribution in [0.1, 0.15) is 25.0 Å². The fraction of sp³-hybridized carbons (Fsp3) is 0.556. The molecule has 0 bridgehead atoms. The smallest absolute Gasteiger partial charge is 0.319 e. The van der Waals surface area contributed by atoms with Gasteiger partial charge >= 0.3 is 6.03 Å². The van der Waals surface area contributed by atoms with Crippen molar-refractivity contribution in [3.63, 3.8) is 0 Å². The van der Waals surface area contributed by atoms with Crippen LogP contribution in [-0.2, 0) is 16.2 Å². The average molecular weight is 359 g/mol. The van der Waals surface area contributed by atoms with Crippen molar-refractivity contribution >= 4 is 17.6 Å². The fourth-order valence-electron chi connectivity index (χ4n) is 3.43. The number of aromatic nitrogens is 1. The number of carbonyl (C=O) groups excluding carboxylic acids is 2. The van der Waals surface area contributed by atoms with Crippen molar-refractivity contribution in [3.8, 4) is 0 Å². The van der Waals surface area contributed by atoms with Crippen molar-refractivity contribution < 1.29 is 14.4 Å². The molecule has 1 atom stereocenters. The van der Waals surface area contributed by atoms with Gasteiger partial charge in [-0.15, -0.1) is 0 Å². The predicted octanol–water partition coefficient (Wildman–Crippen LogP) is 1.33. The Kier molecular flexibility index (Phi) is 5.11. The Balaban J connectivity index is 1.61. The second-order valence-electron chi connectivity index (χ2n) is 7.17. The van der Waals surface area contributed by atoms with Crippen LogP contribution in [-0.4, -0.2) is 77.2 Å². The third-order valence-corrected chi connectivity index (χ3v) is 4.75. The lowest BCUT2D eigenvalue weighted by atomic mass is 9.88. The summed E-state index contributed by atoms with van der Waals surface area (Å²) < 4.78 is 0. The van der Waals surface area contributed by atoms with Gasteiger partial charge in [0.1, 0.15) is 5.71 Å². The van der Waals surface area contributed by atoms with Crippen LogP contribution < -0.4 is 0 Å². The zero-order chi connectivity index (χ0) is 18.7. The number of nitrogens with zero attached hydrogens (tertiary/aromatic N) is 5. The van der Waals surface area contributed by atoms with E-state index in [4.69, 9.17) is 4.84 Å². The SMILES string of the molecule is CN(C)C(=O)N1CCCC2(CC(C(=O)N(C)Cc3ccccn3)=NO2)C1. The third kappa shape index (κ3) is 3.79. The van der Waals surface area contributed by atoms with E-state index in [-0.39, 0.29) is 11.9 Å². The Morgan fingerprint density at radius 2 is 2.12 bits per heavy atom. The highest BCUT2D eigenvalue weighted by atomic mass is 16.7. The lowest BCUT2D eigenvalue weighted by Gasteiger charge is -2.39. The molecule has 3 amide bonds. The van der Waals surface area contributed by atoms with Crippen LogP contribution in [0.25, 0.3) is 0 Å². The van der Waals surface area contributed by atoms with E-state index >= 15 is 0 Å². The molecule has 0 aromatic carbocycles. The monoisotopic (exact) mass is 359 g/mol. The summed E-state index contributed by atoms with van der Waals surface area (Å²) in [7, 11) is 5.20. The first-order chi connectivity index (χ1) is 12.4. The number of rotatable bonds is 3. The van der Waals surface area contributed by atoms with Gasteiger partial charge in [-0.25, -0.2) is 4.79 Å². The van der Waals surface area contributed by atoms with Gasteiger partial charge in [-0.2, -0.15) is 0 Å². The van der Waals surface area contributed by atoms with Crippen LogP contribution in [0.2, 0.25) is 0 Å². The zero-order valence-electron chi connectivity index (χ0n) is 15.5. The van der Waals surface area contributed by atoms with Crippen LogP contribution in [0.4, 0.5) is 4.79 Å². The molecule has 0 N–H and O–H groups in total. The van der Waals surface area contributed by atoms with E-state index < -0.39 is 5.60 Å². The number of hydrogen-bond acceptors (Lipinski definition) is 5. The largest absolute Gasteiger partial charge is 0.386 e. The minimum atomic E-state index is -0.583. The highest BCUT2D eigenvalue weighted by Gasteiger charge is 2.46. The minimum Gasteiger partial charge on any atom is -0.386 e. The molecule has 26 heavy (non-hydrogen) atoms. The molecule has 0 radical (unpaired) electrons. The van der Waals surface area contributed by atoms with Gasteiger partial charge in [0.05, 0.1) is 18.8 Å². The standard InChI is InChI=1S/C18H25N5O3/c1-21(2)17(25)23-10-6-8-18(13-23)11-15(20-26-18)16(24)22(3)12-14-7-4-5-9-19-14/h4-5,7,9H,6,8,10-13H2,1-3H3. The molecule has 2 aliphatic rings. The fourth-order valence-corrected chi connectivity index (χ4v) is 3.43. The molecular weight excluding hydrogens is 334 g/mol. The lowest BCUT2D eigenvalue weighted by molar-refractivity contribution is -0.123. The van der Waals surface area contributed by atoms with E-state index in [1.807, 2.05) is 18.2 Å². The number of pyridine rings is 1. The Labute approximate surface area is 153 Å². The van der Waals surface area contributed by atoms with Gasteiger partial charge in [0, 0.05) is 40.3 Å². The molecule has 8 heteroatoms. The van der Waals surface area contributed by atoms with Gasteiger partial charge in [-0.05, 0) is 25.0 Å². The Morgan fingerprint density at radius 1 is 1.31 bits per heavy atom. The number of amides is 3.